The van der Waals surface area contributed by atoms with Gasteiger partial charge in [0, 0.05) is 11.6 Å². The molecule has 2 rings (SSSR count). The Morgan fingerprint density at radius 1 is 1.44 bits per heavy atom. The summed E-state index contributed by atoms with van der Waals surface area (Å²) >= 11 is 0. The van der Waals surface area contributed by atoms with Crippen molar-refractivity contribution in [2.45, 2.75) is 46.7 Å². The number of rotatable bonds is 5. The van der Waals surface area contributed by atoms with Crippen molar-refractivity contribution in [2.24, 2.45) is 0 Å². The number of H-pyrrole nitrogens is 1. The zero-order valence-corrected chi connectivity index (χ0v) is 11.5. The van der Waals surface area contributed by atoms with Crippen LogP contribution >= 0.6 is 0 Å². The molecule has 18 heavy (non-hydrogen) atoms. The zero-order chi connectivity index (χ0) is 13.1. The van der Waals surface area contributed by atoms with E-state index in [9.17, 15) is 0 Å². The first-order valence-corrected chi connectivity index (χ1v) is 6.44. The quantitative estimate of drug-likeness (QED) is 0.853. The van der Waals surface area contributed by atoms with Gasteiger partial charge < -0.3 is 14.7 Å². The van der Waals surface area contributed by atoms with Gasteiger partial charge in [-0.2, -0.15) is 0 Å². The van der Waals surface area contributed by atoms with Crippen LogP contribution in [0.3, 0.4) is 0 Å². The second-order valence-corrected chi connectivity index (χ2v) is 4.76. The van der Waals surface area contributed by atoms with Gasteiger partial charge in [0.05, 0.1) is 18.4 Å². The van der Waals surface area contributed by atoms with Gasteiger partial charge >= 0.3 is 0 Å². The molecule has 4 heteroatoms. The highest BCUT2D eigenvalue weighted by molar-refractivity contribution is 5.61. The Bertz CT molecular complexity index is 513. The predicted molar refractivity (Wildman–Crippen MR) is 72.4 cm³/mol. The van der Waals surface area contributed by atoms with E-state index in [-0.39, 0.29) is 0 Å². The molecule has 0 amide bonds. The molecule has 0 spiro atoms. The minimum atomic E-state index is 0.511. The van der Waals surface area contributed by atoms with Crippen LogP contribution in [0.15, 0.2) is 16.7 Å². The Balaban J connectivity index is 2.08. The van der Waals surface area contributed by atoms with Crippen molar-refractivity contribution in [2.75, 3.05) is 0 Å². The van der Waals surface area contributed by atoms with Crippen LogP contribution < -0.4 is 5.32 Å². The summed E-state index contributed by atoms with van der Waals surface area (Å²) in [5.41, 5.74) is 2.11. The summed E-state index contributed by atoms with van der Waals surface area (Å²) < 4.78 is 5.53. The molecule has 98 valence electrons. The number of nitrogens with zero attached hydrogens (tertiary/aromatic N) is 1. The maximum absolute atomic E-state index is 5.53. The van der Waals surface area contributed by atoms with Gasteiger partial charge in [0.25, 0.3) is 0 Å². The first-order valence-electron chi connectivity index (χ1n) is 6.44. The van der Waals surface area contributed by atoms with Crippen molar-refractivity contribution in [1.29, 1.82) is 0 Å². The lowest BCUT2D eigenvalue weighted by atomic mass is 10.2. The van der Waals surface area contributed by atoms with E-state index < -0.39 is 0 Å². The van der Waals surface area contributed by atoms with Crippen LogP contribution in [0.5, 0.6) is 0 Å². The molecule has 2 aromatic rings. The summed E-state index contributed by atoms with van der Waals surface area (Å²) in [4.78, 5) is 7.72. The number of aromatic nitrogens is 2. The van der Waals surface area contributed by atoms with Gasteiger partial charge in [-0.05, 0) is 33.3 Å². The maximum Gasteiger partial charge on any atom is 0.120 e. The second kappa shape index (κ2) is 5.40. The van der Waals surface area contributed by atoms with Crippen LogP contribution in [0.2, 0.25) is 0 Å². The SMILES string of the molecule is CCC(C)NCc1ncc(-c2cc(C)oc2C)[nH]1. The topological polar surface area (TPSA) is 53.9 Å². The molecular weight excluding hydrogens is 226 g/mol. The Hall–Kier alpha value is -1.55. The summed E-state index contributed by atoms with van der Waals surface area (Å²) in [6, 6.07) is 2.55. The van der Waals surface area contributed by atoms with Crippen molar-refractivity contribution >= 4 is 0 Å². The Labute approximate surface area is 108 Å². The van der Waals surface area contributed by atoms with Gasteiger partial charge in [0.1, 0.15) is 17.3 Å². The van der Waals surface area contributed by atoms with Crippen LogP contribution in [0.25, 0.3) is 11.3 Å². The summed E-state index contributed by atoms with van der Waals surface area (Å²) in [5, 5.41) is 3.42. The highest BCUT2D eigenvalue weighted by Crippen LogP contribution is 2.24. The van der Waals surface area contributed by atoms with Crippen LogP contribution in [0.4, 0.5) is 0 Å². The zero-order valence-electron chi connectivity index (χ0n) is 11.5. The standard InChI is InChI=1S/C14H21N3O/c1-5-9(2)15-8-14-16-7-13(17-14)12-6-10(3)18-11(12)4/h6-7,9,15H,5,8H2,1-4H3,(H,16,17). The minimum Gasteiger partial charge on any atom is -0.466 e. The third-order valence-corrected chi connectivity index (χ3v) is 3.19. The molecule has 0 aliphatic carbocycles. The number of hydrogen-bond acceptors (Lipinski definition) is 3. The lowest BCUT2D eigenvalue weighted by molar-refractivity contribution is 0.505. The largest absolute Gasteiger partial charge is 0.466 e. The molecule has 0 aromatic carbocycles. The molecule has 1 unspecified atom stereocenters. The average molecular weight is 247 g/mol. The lowest BCUT2D eigenvalue weighted by Gasteiger charge is -2.08. The van der Waals surface area contributed by atoms with Crippen LogP contribution in [-0.2, 0) is 6.54 Å². The molecule has 2 N–H and O–H groups in total. The Morgan fingerprint density at radius 2 is 2.22 bits per heavy atom. The third-order valence-electron chi connectivity index (χ3n) is 3.19. The number of aryl methyl sites for hydroxylation is 2. The molecule has 1 atom stereocenters. The number of aromatic amines is 1. The van der Waals surface area contributed by atoms with Gasteiger partial charge in [0.2, 0.25) is 0 Å². The van der Waals surface area contributed by atoms with Crippen molar-refractivity contribution in [3.8, 4) is 11.3 Å². The smallest absolute Gasteiger partial charge is 0.120 e. The summed E-state index contributed by atoms with van der Waals surface area (Å²) in [7, 11) is 0. The molecule has 0 saturated heterocycles. The third kappa shape index (κ3) is 2.82. The highest BCUT2D eigenvalue weighted by Gasteiger charge is 2.10. The fourth-order valence-electron chi connectivity index (χ4n) is 1.90. The summed E-state index contributed by atoms with van der Waals surface area (Å²) in [6.07, 6.45) is 2.98. The van der Waals surface area contributed by atoms with E-state index in [1.807, 2.05) is 26.1 Å². The van der Waals surface area contributed by atoms with Gasteiger partial charge in [-0.3, -0.25) is 0 Å². The number of nitrogens with one attached hydrogen (secondary N) is 2. The molecule has 0 aliphatic rings. The minimum absolute atomic E-state index is 0.511. The first-order chi connectivity index (χ1) is 8.60. The molecule has 0 fully saturated rings. The molecular formula is C14H21N3O. The lowest BCUT2D eigenvalue weighted by Crippen LogP contribution is -2.24. The van der Waals surface area contributed by atoms with E-state index in [0.717, 1.165) is 41.6 Å². The summed E-state index contributed by atoms with van der Waals surface area (Å²) in [5.74, 6) is 2.82. The molecule has 0 bridgehead atoms. The van der Waals surface area contributed by atoms with Crippen LogP contribution in [0, 0.1) is 13.8 Å². The van der Waals surface area contributed by atoms with E-state index in [2.05, 4.69) is 29.1 Å². The van der Waals surface area contributed by atoms with Gasteiger partial charge in [-0.25, -0.2) is 4.98 Å². The van der Waals surface area contributed by atoms with Crippen molar-refractivity contribution < 1.29 is 4.42 Å². The maximum atomic E-state index is 5.53. The van der Waals surface area contributed by atoms with E-state index in [1.54, 1.807) is 0 Å². The average Bonchev–Trinajstić information content (AvgIpc) is 2.92. The van der Waals surface area contributed by atoms with Gasteiger partial charge in [-0.1, -0.05) is 6.92 Å². The highest BCUT2D eigenvalue weighted by atomic mass is 16.3. The summed E-state index contributed by atoms with van der Waals surface area (Å²) in [6.45, 7) is 9.04. The van der Waals surface area contributed by atoms with Crippen molar-refractivity contribution in [3.63, 3.8) is 0 Å². The van der Waals surface area contributed by atoms with Crippen molar-refractivity contribution in [3.05, 3.63) is 29.6 Å². The fraction of sp³-hybridized carbons (Fsp3) is 0.500. The predicted octanol–water partition coefficient (Wildman–Crippen LogP) is 3.17. The number of imidazole rings is 1. The van der Waals surface area contributed by atoms with E-state index in [0.29, 0.717) is 6.04 Å². The molecule has 0 radical (unpaired) electrons. The Kier molecular flexibility index (Phi) is 3.87. The molecule has 0 saturated carbocycles. The van der Waals surface area contributed by atoms with E-state index in [4.69, 9.17) is 4.42 Å². The molecule has 0 aliphatic heterocycles. The monoisotopic (exact) mass is 247 g/mol. The van der Waals surface area contributed by atoms with Crippen molar-refractivity contribution in [1.82, 2.24) is 15.3 Å². The number of furan rings is 1. The molecule has 2 heterocycles. The Morgan fingerprint density at radius 3 is 2.83 bits per heavy atom. The number of hydrogen-bond donors (Lipinski definition) is 2. The molecule has 4 nitrogen and oxygen atoms in total. The second-order valence-electron chi connectivity index (χ2n) is 4.76. The fourth-order valence-corrected chi connectivity index (χ4v) is 1.90. The van der Waals surface area contributed by atoms with Crippen LogP contribution in [0.1, 0.15) is 37.6 Å². The van der Waals surface area contributed by atoms with E-state index in [1.165, 1.54) is 0 Å². The van der Waals surface area contributed by atoms with Crippen LogP contribution in [-0.4, -0.2) is 16.0 Å². The van der Waals surface area contributed by atoms with Gasteiger partial charge in [0.15, 0.2) is 0 Å². The molecule has 2 aromatic heterocycles. The first kappa shape index (κ1) is 12.9. The normalized spacial score (nSPS) is 12.9. The van der Waals surface area contributed by atoms with Gasteiger partial charge in [-0.15, -0.1) is 0 Å². The van der Waals surface area contributed by atoms with E-state index >= 15 is 0 Å².